The van der Waals surface area contributed by atoms with Crippen molar-refractivity contribution >= 4 is 30.1 Å². The average molecular weight is 1010 g/mol. The zero-order valence-corrected chi connectivity index (χ0v) is 47.5. The molecule has 10 nitrogen and oxygen atoms in total. The van der Waals surface area contributed by atoms with Crippen molar-refractivity contribution in [1.29, 1.82) is 0 Å². The summed E-state index contributed by atoms with van der Waals surface area (Å²) in [6.07, 6.45) is 37.5. The summed E-state index contributed by atoms with van der Waals surface area (Å²) in [6, 6.07) is 21.2. The van der Waals surface area contributed by atoms with E-state index in [2.05, 4.69) is 151 Å². The van der Waals surface area contributed by atoms with Crippen molar-refractivity contribution in [3.63, 3.8) is 0 Å². The molecule has 2 N–H and O–H groups in total. The molecule has 2 rings (SSSR count). The second kappa shape index (κ2) is 52.7. The van der Waals surface area contributed by atoms with Gasteiger partial charge >= 0.3 is 5.97 Å². The van der Waals surface area contributed by atoms with Crippen molar-refractivity contribution in [3.05, 3.63) is 120 Å². The number of carboxylic acid groups (broad SMARTS) is 2. The maximum absolute atomic E-state index is 10.4. The lowest BCUT2D eigenvalue weighted by atomic mass is 10.1. The summed E-state index contributed by atoms with van der Waals surface area (Å²) in [6.45, 7) is 25.3. The molecule has 2 aromatic carbocycles. The van der Waals surface area contributed by atoms with Crippen LogP contribution in [0.4, 0.5) is 0 Å². The van der Waals surface area contributed by atoms with Gasteiger partial charge in [-0.05, 0) is 87.8 Å². The van der Waals surface area contributed by atoms with Gasteiger partial charge in [0.05, 0.1) is 86.1 Å². The zero-order chi connectivity index (χ0) is 55.3. The average Bonchev–Trinajstić information content (AvgIpc) is 3.34. The van der Waals surface area contributed by atoms with Gasteiger partial charge in [0.2, 0.25) is 0 Å². The molecule has 0 aliphatic rings. The van der Waals surface area contributed by atoms with Crippen molar-refractivity contribution in [3.8, 4) is 0 Å². The first-order valence-electron chi connectivity index (χ1n) is 27.0. The highest BCUT2D eigenvalue weighted by Gasteiger charge is 2.13. The van der Waals surface area contributed by atoms with Crippen LogP contribution in [0.5, 0.6) is 0 Å². The Morgan fingerprint density at radius 2 is 0.750 bits per heavy atom. The smallest absolute Gasteiger partial charge is 0.333 e. The van der Waals surface area contributed by atoms with E-state index in [0.717, 1.165) is 22.1 Å². The Bertz CT molecular complexity index is 1530. The fraction of sp³-hybridized carbons (Fsp3) is 0.597. The highest BCUT2D eigenvalue weighted by molar-refractivity contribution is 5.86. The number of likely N-dealkylation sites (N-methyl/N-ethyl adjacent to an activating group) is 2. The predicted molar refractivity (Wildman–Crippen MR) is 304 cm³/mol. The Balaban J connectivity index is -0.000000444. The molecule has 0 saturated carbocycles. The van der Waals surface area contributed by atoms with Gasteiger partial charge in [-0.25, -0.2) is 4.79 Å². The molecule has 0 aliphatic carbocycles. The molecule has 72 heavy (non-hydrogen) atoms. The summed E-state index contributed by atoms with van der Waals surface area (Å²) in [5.41, 5.74) is 3.18. The molecule has 0 bridgehead atoms. The Hall–Kier alpha value is -4.61. The maximum Gasteiger partial charge on any atom is 0.333 e. The van der Waals surface area contributed by atoms with E-state index < -0.39 is 11.9 Å². The number of esters is 1. The van der Waals surface area contributed by atoms with Gasteiger partial charge < -0.3 is 43.7 Å². The molecule has 0 saturated heterocycles. The number of carbonyl (C=O) groups excluding carboxylic acids is 3. The summed E-state index contributed by atoms with van der Waals surface area (Å²) < 4.78 is 6.76. The lowest BCUT2D eigenvalue weighted by Gasteiger charge is -2.28. The van der Waals surface area contributed by atoms with Gasteiger partial charge in [-0.1, -0.05) is 209 Å². The van der Waals surface area contributed by atoms with E-state index in [4.69, 9.17) is 10.2 Å². The van der Waals surface area contributed by atoms with Crippen molar-refractivity contribution in [2.24, 2.45) is 0 Å². The Labute approximate surface area is 441 Å². The van der Waals surface area contributed by atoms with Gasteiger partial charge in [-0.2, -0.15) is 0 Å². The highest BCUT2D eigenvalue weighted by Crippen LogP contribution is 2.14. The minimum Gasteiger partial charge on any atom is -0.545 e. The third kappa shape index (κ3) is 59.7. The van der Waals surface area contributed by atoms with Crippen LogP contribution in [-0.2, 0) is 19.1 Å². The number of hydrogen-bond donors (Lipinski definition) is 2. The van der Waals surface area contributed by atoms with Gasteiger partial charge in [0.15, 0.2) is 0 Å². The quantitative estimate of drug-likeness (QED) is 0.0311. The number of carbonyl (C=O) groups is 3. The monoisotopic (exact) mass is 1010 g/mol. The normalized spacial score (nSPS) is 10.7. The summed E-state index contributed by atoms with van der Waals surface area (Å²) in [5, 5.41) is 34.2. The molecule has 412 valence electrons. The Morgan fingerprint density at radius 1 is 0.486 bits per heavy atom. The van der Waals surface area contributed by atoms with Crippen LogP contribution >= 0.6 is 0 Å². The number of quaternary nitrogens is 2. The van der Waals surface area contributed by atoms with E-state index in [1.807, 2.05) is 0 Å². The van der Waals surface area contributed by atoms with Gasteiger partial charge in [0.1, 0.15) is 0 Å². The summed E-state index contributed by atoms with van der Waals surface area (Å²) >= 11 is 0. The van der Waals surface area contributed by atoms with Crippen LogP contribution in [0.1, 0.15) is 181 Å². The molecular formula is C62H106N2O8. The first-order valence-corrected chi connectivity index (χ1v) is 27.0. The van der Waals surface area contributed by atoms with E-state index in [1.54, 1.807) is 13.8 Å². The third-order valence-corrected chi connectivity index (χ3v) is 11.1. The minimum atomic E-state index is -1.19. The molecule has 0 aliphatic heterocycles. The number of aliphatic hydroxyl groups excluding tert-OH is 2. The fourth-order valence-electron chi connectivity index (χ4n) is 6.57. The van der Waals surface area contributed by atoms with Gasteiger partial charge in [0, 0.05) is 5.57 Å². The molecule has 10 heteroatoms. The van der Waals surface area contributed by atoms with Crippen LogP contribution in [0.2, 0.25) is 0 Å². The molecule has 2 aromatic rings. The molecule has 0 amide bonds. The van der Waals surface area contributed by atoms with E-state index in [9.17, 15) is 24.6 Å². The number of aliphatic carboxylic acids is 2. The van der Waals surface area contributed by atoms with Crippen molar-refractivity contribution in [1.82, 2.24) is 0 Å². The van der Waals surface area contributed by atoms with Gasteiger partial charge in [-0.3, -0.25) is 0 Å². The number of rotatable bonds is 33. The second-order valence-corrected chi connectivity index (χ2v) is 19.8. The molecule has 0 radical (unpaired) electrons. The maximum atomic E-state index is 10.4. The molecule has 0 aromatic heterocycles. The highest BCUT2D eigenvalue weighted by atomic mass is 16.5. The zero-order valence-electron chi connectivity index (χ0n) is 47.5. The first kappa shape index (κ1) is 73.9. The third-order valence-electron chi connectivity index (χ3n) is 11.1. The largest absolute Gasteiger partial charge is 0.545 e. The van der Waals surface area contributed by atoms with Crippen LogP contribution in [0.3, 0.4) is 0 Å². The minimum absolute atomic E-state index is 0.0648. The Kier molecular flexibility index (Phi) is 54.1. The van der Waals surface area contributed by atoms with Crippen LogP contribution in [0.25, 0.3) is 12.2 Å². The summed E-state index contributed by atoms with van der Waals surface area (Å²) in [4.78, 5) is 29.4. The van der Waals surface area contributed by atoms with Crippen molar-refractivity contribution < 1.29 is 48.5 Å². The summed E-state index contributed by atoms with van der Waals surface area (Å²) in [7, 11) is 9.40. The fourth-order valence-corrected chi connectivity index (χ4v) is 6.57. The lowest BCUT2D eigenvalue weighted by Crippen LogP contribution is -2.40. The van der Waals surface area contributed by atoms with Crippen LogP contribution in [0, 0.1) is 0 Å². The van der Waals surface area contributed by atoms with Gasteiger partial charge in [-0.15, -0.1) is 0 Å². The predicted octanol–water partition coefficient (Wildman–Crippen LogP) is 12.1. The number of unbranched alkanes of at least 4 members (excludes halogenated alkanes) is 18. The number of benzene rings is 2. The van der Waals surface area contributed by atoms with Crippen LogP contribution in [-0.4, -0.2) is 111 Å². The summed E-state index contributed by atoms with van der Waals surface area (Å²) in [5.74, 6) is -2.68. The van der Waals surface area contributed by atoms with Crippen LogP contribution < -0.4 is 10.2 Å². The first-order chi connectivity index (χ1) is 34.2. The second-order valence-electron chi connectivity index (χ2n) is 19.8. The lowest BCUT2D eigenvalue weighted by molar-refractivity contribution is -0.884. The van der Waals surface area contributed by atoms with E-state index >= 15 is 0 Å². The molecule has 0 spiro atoms. The van der Waals surface area contributed by atoms with E-state index in [-0.39, 0.29) is 30.3 Å². The number of aliphatic hydroxyl groups is 2. The molecule has 0 fully saturated rings. The number of ether oxygens (including phenoxy) is 1. The molecular weight excluding hydrogens is 901 g/mol. The standard InChI is InChI=1S/2C23H40N.C6H10O2.2C4H6O2.C2H6O2/c2*1-4-5-6-7-8-9-10-11-12-16-21-24(2,3)22-17-20-23-18-14-13-15-19-23;1-4-8-6(7)5(2)3;2*1-3(2)4(5)6;3-1-2-4/h2*13-15,17-20H,4-12,16,21-22H2,1-3H3;2,4H2,1,3H3;2*1H2,2H3,(H,5,6);3-4H,1-2H2/q2*+1;;;;/p-2. The van der Waals surface area contributed by atoms with E-state index in [1.165, 1.54) is 166 Å². The van der Waals surface area contributed by atoms with Crippen molar-refractivity contribution in [2.75, 3.05) is 74.2 Å². The topological polar surface area (TPSA) is 147 Å². The number of carboxylic acids is 2. The molecule has 0 heterocycles. The van der Waals surface area contributed by atoms with E-state index in [0.29, 0.717) is 12.2 Å². The van der Waals surface area contributed by atoms with Crippen molar-refractivity contribution in [2.45, 2.75) is 170 Å². The SMILES string of the molecule is C=C(C)C(=O)OCC.C=C(C)C(=O)[O-].C=C(C)C(=O)[O-].CCCCCCCCCCCC[N+](C)(C)CC=Cc1ccccc1.CCCCCCCCCCCC[N+](C)(C)CC=Cc1ccccc1.OCCO. The Morgan fingerprint density at radius 3 is 0.958 bits per heavy atom. The molecule has 0 atom stereocenters. The molecule has 0 unspecified atom stereocenters. The number of hydrogen-bond acceptors (Lipinski definition) is 8. The number of nitrogens with zero attached hydrogens (tertiary/aromatic N) is 2. The van der Waals surface area contributed by atoms with Gasteiger partial charge in [0.25, 0.3) is 0 Å². The van der Waals surface area contributed by atoms with Crippen LogP contribution in [0.15, 0.2) is 109 Å².